The fourth-order valence-electron chi connectivity index (χ4n) is 3.33. The van der Waals surface area contributed by atoms with E-state index in [0.717, 1.165) is 38.5 Å². The third-order valence-electron chi connectivity index (χ3n) is 4.32. The van der Waals surface area contributed by atoms with Gasteiger partial charge in [0.25, 0.3) is 0 Å². The summed E-state index contributed by atoms with van der Waals surface area (Å²) in [4.78, 5) is 34.7. The molecule has 0 spiro atoms. The van der Waals surface area contributed by atoms with Crippen LogP contribution in [-0.4, -0.2) is 29.1 Å². The lowest BCUT2D eigenvalue weighted by molar-refractivity contribution is -0.140. The van der Waals surface area contributed by atoms with Crippen LogP contribution in [0.4, 0.5) is 4.79 Å². The van der Waals surface area contributed by atoms with Gasteiger partial charge in [-0.2, -0.15) is 0 Å². The lowest BCUT2D eigenvalue weighted by Crippen LogP contribution is -2.45. The Morgan fingerprint density at radius 1 is 1.10 bits per heavy atom. The molecule has 2 aliphatic carbocycles. The molecule has 0 aromatic rings. The molecule has 0 aromatic carbocycles. The van der Waals surface area contributed by atoms with Crippen LogP contribution in [0.15, 0.2) is 12.2 Å². The Morgan fingerprint density at radius 2 is 1.71 bits per heavy atom. The van der Waals surface area contributed by atoms with Crippen molar-refractivity contribution in [3.8, 4) is 0 Å². The van der Waals surface area contributed by atoms with Gasteiger partial charge in [0.05, 0.1) is 6.42 Å². The molecule has 0 heterocycles. The maximum Gasteiger partial charge on any atom is 0.321 e. The van der Waals surface area contributed by atoms with Gasteiger partial charge in [0.2, 0.25) is 5.91 Å². The second-order valence-corrected chi connectivity index (χ2v) is 6.12. The first-order chi connectivity index (χ1) is 9.99. The van der Waals surface area contributed by atoms with Crippen LogP contribution >= 0.6 is 0 Å². The molecule has 2 aliphatic rings. The van der Waals surface area contributed by atoms with Crippen molar-refractivity contribution in [3.05, 3.63) is 12.2 Å². The van der Waals surface area contributed by atoms with Gasteiger partial charge in [0, 0.05) is 12.5 Å². The van der Waals surface area contributed by atoms with Crippen LogP contribution in [0, 0.1) is 5.41 Å². The summed E-state index contributed by atoms with van der Waals surface area (Å²) in [6.07, 6.45) is 9.02. The smallest absolute Gasteiger partial charge is 0.321 e. The van der Waals surface area contributed by atoms with Gasteiger partial charge in [-0.05, 0) is 31.1 Å². The largest absolute Gasteiger partial charge is 0.481 e. The minimum atomic E-state index is -0.883. The molecule has 0 unspecified atom stereocenters. The van der Waals surface area contributed by atoms with Crippen LogP contribution in [0.2, 0.25) is 0 Å². The molecule has 3 amide bonds. The standard InChI is InChI=1S/C15H22N2O4/c18-12(17-14(21)16-11-5-1-2-6-11)9-15(10-13(19)20)7-3-4-8-15/h1-2,11H,3-10H2,(H,19,20)(H2,16,17,18,21). The van der Waals surface area contributed by atoms with E-state index < -0.39 is 17.4 Å². The third-order valence-corrected chi connectivity index (χ3v) is 4.32. The van der Waals surface area contributed by atoms with Gasteiger partial charge >= 0.3 is 12.0 Å². The monoisotopic (exact) mass is 294 g/mol. The molecule has 1 saturated carbocycles. The van der Waals surface area contributed by atoms with Crippen molar-refractivity contribution in [2.75, 3.05) is 0 Å². The molecular formula is C15H22N2O4. The molecule has 116 valence electrons. The predicted octanol–water partition coefficient (Wildman–Crippen LogP) is 1.96. The Kier molecular flexibility index (Phi) is 4.98. The summed E-state index contributed by atoms with van der Waals surface area (Å²) >= 11 is 0. The average Bonchev–Trinajstić information content (AvgIpc) is 3.00. The van der Waals surface area contributed by atoms with Crippen molar-refractivity contribution in [3.63, 3.8) is 0 Å². The van der Waals surface area contributed by atoms with Gasteiger partial charge in [0.15, 0.2) is 0 Å². The SMILES string of the molecule is O=C(O)CC1(CC(=O)NC(=O)NC2CC=CC2)CCCC1. The zero-order valence-electron chi connectivity index (χ0n) is 12.1. The number of nitrogens with one attached hydrogen (secondary N) is 2. The number of hydrogen-bond donors (Lipinski definition) is 3. The van der Waals surface area contributed by atoms with Gasteiger partial charge in [0.1, 0.15) is 0 Å². The Bertz CT molecular complexity index is 445. The lowest BCUT2D eigenvalue weighted by atomic mass is 9.79. The maximum atomic E-state index is 12.0. The van der Waals surface area contributed by atoms with E-state index in [4.69, 9.17) is 5.11 Å². The minimum absolute atomic E-state index is 0.00537. The molecule has 6 nitrogen and oxygen atoms in total. The number of carboxylic acids is 1. The summed E-state index contributed by atoms with van der Waals surface area (Å²) in [5.74, 6) is -1.27. The molecule has 0 atom stereocenters. The number of carbonyl (C=O) groups excluding carboxylic acids is 2. The van der Waals surface area contributed by atoms with E-state index in [9.17, 15) is 14.4 Å². The number of hydrogen-bond acceptors (Lipinski definition) is 3. The highest BCUT2D eigenvalue weighted by molar-refractivity contribution is 5.94. The second-order valence-electron chi connectivity index (χ2n) is 6.12. The van der Waals surface area contributed by atoms with Crippen molar-refractivity contribution in [2.45, 2.75) is 57.4 Å². The topological polar surface area (TPSA) is 95.5 Å². The first-order valence-corrected chi connectivity index (χ1v) is 7.46. The molecule has 0 bridgehead atoms. The lowest BCUT2D eigenvalue weighted by Gasteiger charge is -2.26. The number of carboxylic acid groups (broad SMARTS) is 1. The quantitative estimate of drug-likeness (QED) is 0.675. The van der Waals surface area contributed by atoms with Gasteiger partial charge in [-0.3, -0.25) is 14.9 Å². The van der Waals surface area contributed by atoms with Gasteiger partial charge in [-0.25, -0.2) is 4.79 Å². The van der Waals surface area contributed by atoms with Gasteiger partial charge in [-0.15, -0.1) is 0 Å². The van der Waals surface area contributed by atoms with Crippen LogP contribution < -0.4 is 10.6 Å². The molecular weight excluding hydrogens is 272 g/mol. The van der Waals surface area contributed by atoms with Crippen molar-refractivity contribution < 1.29 is 19.5 Å². The van der Waals surface area contributed by atoms with Gasteiger partial charge < -0.3 is 10.4 Å². The second kappa shape index (κ2) is 6.74. The first-order valence-electron chi connectivity index (χ1n) is 7.46. The molecule has 0 radical (unpaired) electrons. The fourth-order valence-corrected chi connectivity index (χ4v) is 3.33. The number of carbonyl (C=O) groups is 3. The van der Waals surface area contributed by atoms with E-state index >= 15 is 0 Å². The summed E-state index contributed by atoms with van der Waals surface area (Å²) < 4.78 is 0. The Labute approximate surface area is 124 Å². The molecule has 2 rings (SSSR count). The summed E-state index contributed by atoms with van der Waals surface area (Å²) in [5, 5.41) is 14.1. The van der Waals surface area contributed by atoms with Crippen LogP contribution in [0.5, 0.6) is 0 Å². The summed E-state index contributed by atoms with van der Waals surface area (Å²) in [5.41, 5.74) is -0.481. The average molecular weight is 294 g/mol. The minimum Gasteiger partial charge on any atom is -0.481 e. The Morgan fingerprint density at radius 3 is 2.29 bits per heavy atom. The van der Waals surface area contributed by atoms with E-state index in [2.05, 4.69) is 10.6 Å². The van der Waals surface area contributed by atoms with E-state index in [0.29, 0.717) is 0 Å². The van der Waals surface area contributed by atoms with Crippen molar-refractivity contribution >= 4 is 17.9 Å². The van der Waals surface area contributed by atoms with Crippen LogP contribution in [0.25, 0.3) is 0 Å². The van der Waals surface area contributed by atoms with E-state index in [-0.39, 0.29) is 24.8 Å². The maximum absolute atomic E-state index is 12.0. The van der Waals surface area contributed by atoms with E-state index in [1.807, 2.05) is 12.2 Å². The zero-order chi connectivity index (χ0) is 15.3. The summed E-state index contributed by atoms with van der Waals surface area (Å²) in [6.45, 7) is 0. The third kappa shape index (κ3) is 4.58. The van der Waals surface area contributed by atoms with Crippen molar-refractivity contribution in [2.24, 2.45) is 5.41 Å². The first kappa shape index (κ1) is 15.5. The number of imide groups is 1. The Balaban J connectivity index is 1.81. The fraction of sp³-hybridized carbons (Fsp3) is 0.667. The normalized spacial score (nSPS) is 20.4. The van der Waals surface area contributed by atoms with Crippen molar-refractivity contribution in [1.82, 2.24) is 10.6 Å². The molecule has 1 fully saturated rings. The van der Waals surface area contributed by atoms with Crippen LogP contribution in [0.3, 0.4) is 0 Å². The summed E-state index contributed by atoms with van der Waals surface area (Å²) in [7, 11) is 0. The number of urea groups is 1. The molecule has 0 aromatic heterocycles. The molecule has 0 aliphatic heterocycles. The predicted molar refractivity (Wildman–Crippen MR) is 76.6 cm³/mol. The van der Waals surface area contributed by atoms with E-state index in [1.54, 1.807) is 0 Å². The van der Waals surface area contributed by atoms with Crippen LogP contribution in [-0.2, 0) is 9.59 Å². The highest BCUT2D eigenvalue weighted by Crippen LogP contribution is 2.43. The van der Waals surface area contributed by atoms with E-state index in [1.165, 1.54) is 0 Å². The number of aliphatic carboxylic acids is 1. The number of amides is 3. The highest BCUT2D eigenvalue weighted by Gasteiger charge is 2.38. The number of rotatable bonds is 5. The Hall–Kier alpha value is -1.85. The highest BCUT2D eigenvalue weighted by atomic mass is 16.4. The molecule has 0 saturated heterocycles. The van der Waals surface area contributed by atoms with Gasteiger partial charge in [-0.1, -0.05) is 25.0 Å². The summed E-state index contributed by atoms with van der Waals surface area (Å²) in [6, 6.07) is -0.436. The van der Waals surface area contributed by atoms with Crippen LogP contribution in [0.1, 0.15) is 51.4 Å². The zero-order valence-corrected chi connectivity index (χ0v) is 12.1. The molecule has 3 N–H and O–H groups in total. The molecule has 21 heavy (non-hydrogen) atoms. The van der Waals surface area contributed by atoms with Crippen molar-refractivity contribution in [1.29, 1.82) is 0 Å². The molecule has 6 heteroatoms.